The molecule has 1 saturated heterocycles. The third kappa shape index (κ3) is 4.71. The molecule has 4 aromatic rings. The lowest BCUT2D eigenvalue weighted by molar-refractivity contribution is 0.319. The van der Waals surface area contributed by atoms with Crippen molar-refractivity contribution >= 4 is 20.9 Å². The van der Waals surface area contributed by atoms with Crippen LogP contribution in [0.25, 0.3) is 10.9 Å². The summed E-state index contributed by atoms with van der Waals surface area (Å²) >= 11 is 0. The molecule has 1 fully saturated rings. The molecule has 0 radical (unpaired) electrons. The fourth-order valence-electron chi connectivity index (χ4n) is 5.46. The Hall–Kier alpha value is -3.36. The lowest BCUT2D eigenvalue weighted by atomic mass is 9.88. The van der Waals surface area contributed by atoms with Gasteiger partial charge in [0, 0.05) is 42.3 Å². The Labute approximate surface area is 217 Å². The number of aromatic nitrogens is 1. The minimum Gasteiger partial charge on any atom is -0.493 e. The molecule has 0 aliphatic carbocycles. The lowest BCUT2D eigenvalue weighted by Crippen LogP contribution is -2.38. The van der Waals surface area contributed by atoms with Crippen LogP contribution in [0.4, 0.5) is 4.39 Å². The Morgan fingerprint density at radius 2 is 1.59 bits per heavy atom. The van der Waals surface area contributed by atoms with Gasteiger partial charge in [0.1, 0.15) is 5.82 Å². The van der Waals surface area contributed by atoms with Crippen LogP contribution < -0.4 is 9.47 Å². The van der Waals surface area contributed by atoms with Gasteiger partial charge in [-0.15, -0.1) is 0 Å². The van der Waals surface area contributed by atoms with Crippen LogP contribution in [-0.2, 0) is 16.6 Å². The van der Waals surface area contributed by atoms with Crippen LogP contribution in [0.3, 0.4) is 0 Å². The first-order valence-electron chi connectivity index (χ1n) is 12.4. The summed E-state index contributed by atoms with van der Waals surface area (Å²) in [4.78, 5) is 0.204. The zero-order valence-corrected chi connectivity index (χ0v) is 22.1. The number of rotatable bonds is 7. The van der Waals surface area contributed by atoms with E-state index in [1.54, 1.807) is 16.4 Å². The fourth-order valence-corrected chi connectivity index (χ4v) is 6.95. The summed E-state index contributed by atoms with van der Waals surface area (Å²) in [6.45, 7) is 3.67. The SMILES string of the molecule is COc1ccc(S(=O)(=O)N2CCC(c3c(C)n(Cc4ccc(F)cc4)c4ccccc34)CC2)cc1OC. The largest absolute Gasteiger partial charge is 0.493 e. The van der Waals surface area contributed by atoms with Gasteiger partial charge in [0.2, 0.25) is 10.0 Å². The van der Waals surface area contributed by atoms with Crippen molar-refractivity contribution in [2.75, 3.05) is 27.3 Å². The maximum absolute atomic E-state index is 13.4. The molecular formula is C29H31FN2O4S. The first-order chi connectivity index (χ1) is 17.8. The van der Waals surface area contributed by atoms with E-state index in [9.17, 15) is 12.8 Å². The van der Waals surface area contributed by atoms with E-state index in [1.165, 1.54) is 49.1 Å². The Morgan fingerprint density at radius 1 is 0.919 bits per heavy atom. The topological polar surface area (TPSA) is 60.8 Å². The second-order valence-corrected chi connectivity index (χ2v) is 11.4. The number of para-hydroxylation sites is 1. The first kappa shape index (κ1) is 25.3. The zero-order chi connectivity index (χ0) is 26.2. The van der Waals surface area contributed by atoms with E-state index in [4.69, 9.17) is 9.47 Å². The first-order valence-corrected chi connectivity index (χ1v) is 13.8. The number of fused-ring (bicyclic) bond motifs is 1. The number of halogens is 1. The summed E-state index contributed by atoms with van der Waals surface area (Å²) in [5.74, 6) is 0.889. The van der Waals surface area contributed by atoms with E-state index in [-0.39, 0.29) is 16.6 Å². The summed E-state index contributed by atoms with van der Waals surface area (Å²) in [5, 5.41) is 1.20. The number of hydrogen-bond donors (Lipinski definition) is 0. The van der Waals surface area contributed by atoms with Crippen LogP contribution in [0.5, 0.6) is 11.5 Å². The van der Waals surface area contributed by atoms with Crippen LogP contribution in [0.15, 0.2) is 71.6 Å². The summed E-state index contributed by atoms with van der Waals surface area (Å²) in [5.41, 5.74) is 4.62. The molecule has 0 N–H and O–H groups in total. The van der Waals surface area contributed by atoms with Crippen LogP contribution >= 0.6 is 0 Å². The van der Waals surface area contributed by atoms with E-state index in [2.05, 4.69) is 23.6 Å². The highest BCUT2D eigenvalue weighted by molar-refractivity contribution is 7.89. The number of nitrogens with zero attached hydrogens (tertiary/aromatic N) is 2. The number of ether oxygens (including phenoxy) is 2. The maximum Gasteiger partial charge on any atom is 0.243 e. The van der Waals surface area contributed by atoms with Gasteiger partial charge in [-0.25, -0.2) is 12.8 Å². The quantitative estimate of drug-likeness (QED) is 0.311. The van der Waals surface area contributed by atoms with Crippen LogP contribution in [0.2, 0.25) is 0 Å². The predicted octanol–water partition coefficient (Wildman–Crippen LogP) is 5.72. The standard InChI is InChI=1S/C29H31FN2O4S/c1-20-29(25-6-4-5-7-26(25)32(20)19-21-8-10-23(30)11-9-21)22-14-16-31(17-15-22)37(33,34)24-12-13-27(35-2)28(18-24)36-3/h4-13,18,22H,14-17,19H2,1-3H3. The van der Waals surface area contributed by atoms with Gasteiger partial charge in [0.15, 0.2) is 11.5 Å². The van der Waals surface area contributed by atoms with Gasteiger partial charge >= 0.3 is 0 Å². The molecule has 37 heavy (non-hydrogen) atoms. The molecule has 3 aromatic carbocycles. The molecule has 5 rings (SSSR count). The molecule has 1 aromatic heterocycles. The van der Waals surface area contributed by atoms with Crippen molar-refractivity contribution in [3.8, 4) is 11.5 Å². The van der Waals surface area contributed by atoms with Crippen LogP contribution in [0, 0.1) is 12.7 Å². The molecule has 2 heterocycles. The highest BCUT2D eigenvalue weighted by atomic mass is 32.2. The highest BCUT2D eigenvalue weighted by Crippen LogP contribution is 2.39. The third-order valence-corrected chi connectivity index (χ3v) is 9.28. The second-order valence-electron chi connectivity index (χ2n) is 9.42. The van der Waals surface area contributed by atoms with Crippen molar-refractivity contribution in [1.29, 1.82) is 0 Å². The smallest absolute Gasteiger partial charge is 0.243 e. The van der Waals surface area contributed by atoms with Gasteiger partial charge in [-0.1, -0.05) is 30.3 Å². The molecule has 6 nitrogen and oxygen atoms in total. The molecule has 8 heteroatoms. The summed E-state index contributed by atoms with van der Waals surface area (Å²) < 4.78 is 54.7. The van der Waals surface area contributed by atoms with Crippen molar-refractivity contribution in [3.05, 3.63) is 89.4 Å². The zero-order valence-electron chi connectivity index (χ0n) is 21.3. The average Bonchev–Trinajstić information content (AvgIpc) is 3.20. The molecule has 0 saturated carbocycles. The van der Waals surface area contributed by atoms with Gasteiger partial charge < -0.3 is 14.0 Å². The van der Waals surface area contributed by atoms with Gasteiger partial charge in [0.25, 0.3) is 0 Å². The lowest BCUT2D eigenvalue weighted by Gasteiger charge is -2.32. The number of benzene rings is 3. The van der Waals surface area contributed by atoms with Crippen LogP contribution in [0.1, 0.15) is 35.6 Å². The van der Waals surface area contributed by atoms with E-state index < -0.39 is 10.0 Å². The molecule has 0 spiro atoms. The molecule has 0 unspecified atom stereocenters. The third-order valence-electron chi connectivity index (χ3n) is 7.39. The normalized spacial score (nSPS) is 15.2. The number of hydrogen-bond acceptors (Lipinski definition) is 4. The predicted molar refractivity (Wildman–Crippen MR) is 142 cm³/mol. The number of piperidine rings is 1. The monoisotopic (exact) mass is 522 g/mol. The van der Waals surface area contributed by atoms with Gasteiger partial charge in [-0.05, 0) is 67.1 Å². The highest BCUT2D eigenvalue weighted by Gasteiger charge is 2.32. The summed E-state index contributed by atoms with van der Waals surface area (Å²) in [6, 6.07) is 19.7. The van der Waals surface area contributed by atoms with Crippen LogP contribution in [-0.4, -0.2) is 44.6 Å². The molecule has 1 aliphatic heterocycles. The fraction of sp³-hybridized carbons (Fsp3) is 0.310. The Bertz CT molecular complexity index is 1520. The summed E-state index contributed by atoms with van der Waals surface area (Å²) in [6.07, 6.45) is 1.47. The van der Waals surface area contributed by atoms with Gasteiger partial charge in [-0.3, -0.25) is 0 Å². The number of methoxy groups -OCH3 is 2. The molecule has 0 bridgehead atoms. The van der Waals surface area contributed by atoms with Crippen molar-refractivity contribution in [2.24, 2.45) is 0 Å². The molecule has 0 amide bonds. The summed E-state index contributed by atoms with van der Waals surface area (Å²) in [7, 11) is -0.637. The number of sulfonamides is 1. The maximum atomic E-state index is 13.4. The minimum atomic E-state index is -3.65. The Morgan fingerprint density at radius 3 is 2.27 bits per heavy atom. The second kappa shape index (κ2) is 10.2. The molecule has 0 atom stereocenters. The van der Waals surface area contributed by atoms with E-state index in [0.29, 0.717) is 31.1 Å². The molecule has 194 valence electrons. The van der Waals surface area contributed by atoms with Gasteiger partial charge in [-0.2, -0.15) is 4.31 Å². The van der Waals surface area contributed by atoms with Gasteiger partial charge in [0.05, 0.1) is 19.1 Å². The average molecular weight is 523 g/mol. The Balaban J connectivity index is 1.40. The van der Waals surface area contributed by atoms with Crippen molar-refractivity contribution < 1.29 is 22.3 Å². The van der Waals surface area contributed by atoms with E-state index in [1.807, 2.05) is 24.3 Å². The van der Waals surface area contributed by atoms with E-state index in [0.717, 1.165) is 23.9 Å². The Kier molecular flexibility index (Phi) is 6.96. The minimum absolute atomic E-state index is 0.204. The van der Waals surface area contributed by atoms with Crippen molar-refractivity contribution in [1.82, 2.24) is 8.87 Å². The van der Waals surface area contributed by atoms with E-state index >= 15 is 0 Å². The van der Waals surface area contributed by atoms with Crippen molar-refractivity contribution in [3.63, 3.8) is 0 Å². The molecule has 1 aliphatic rings. The van der Waals surface area contributed by atoms with Crippen molar-refractivity contribution in [2.45, 2.75) is 37.1 Å². The molecular weight excluding hydrogens is 491 g/mol.